The number of hydrogen-bond acceptors (Lipinski definition) is 2. The van der Waals surface area contributed by atoms with Gasteiger partial charge in [-0.1, -0.05) is 45.4 Å². The molecule has 0 aliphatic heterocycles. The van der Waals surface area contributed by atoms with Crippen LogP contribution in [-0.4, -0.2) is 14.8 Å². The van der Waals surface area contributed by atoms with Gasteiger partial charge in [0.1, 0.15) is 5.82 Å². The van der Waals surface area contributed by atoms with Crippen molar-refractivity contribution in [2.75, 3.05) is 0 Å². The van der Waals surface area contributed by atoms with Crippen LogP contribution in [0.2, 0.25) is 0 Å². The Hall–Kier alpha value is -0.640. The van der Waals surface area contributed by atoms with E-state index in [0.29, 0.717) is 6.04 Å². The lowest BCUT2D eigenvalue weighted by Crippen LogP contribution is -2.06. The summed E-state index contributed by atoms with van der Waals surface area (Å²) in [5.74, 6) is 1.11. The van der Waals surface area contributed by atoms with Gasteiger partial charge in [0.15, 0.2) is 4.77 Å². The second-order valence-electron chi connectivity index (χ2n) is 5.28. The van der Waals surface area contributed by atoms with E-state index in [1.165, 1.54) is 44.9 Å². The molecule has 0 aliphatic rings. The molecule has 0 saturated carbocycles. The standard InChI is InChI=1S/C14H27N3S/c1-4-5-6-7-8-9-10-11-13-15-16-14(18)17(13)12(2)3/h12H,4-11H2,1-3H3,(H,16,18). The van der Waals surface area contributed by atoms with Crippen molar-refractivity contribution in [2.45, 2.75) is 78.2 Å². The Labute approximate surface area is 116 Å². The fraction of sp³-hybridized carbons (Fsp3) is 0.857. The van der Waals surface area contributed by atoms with E-state index < -0.39 is 0 Å². The lowest BCUT2D eigenvalue weighted by Gasteiger charge is -2.09. The zero-order valence-corrected chi connectivity index (χ0v) is 12.9. The average molecular weight is 269 g/mol. The maximum absolute atomic E-state index is 5.24. The van der Waals surface area contributed by atoms with Crippen LogP contribution in [0.1, 0.15) is 77.6 Å². The zero-order chi connectivity index (χ0) is 13.4. The van der Waals surface area contributed by atoms with Gasteiger partial charge in [-0.25, -0.2) is 0 Å². The molecule has 0 aromatic carbocycles. The van der Waals surface area contributed by atoms with Gasteiger partial charge in [0, 0.05) is 12.5 Å². The summed E-state index contributed by atoms with van der Waals surface area (Å²) in [5, 5.41) is 7.23. The molecule has 1 rings (SSSR count). The fourth-order valence-corrected chi connectivity index (χ4v) is 2.65. The molecule has 0 fully saturated rings. The summed E-state index contributed by atoms with van der Waals surface area (Å²) in [6.07, 6.45) is 10.4. The molecule has 1 heterocycles. The third-order valence-electron chi connectivity index (χ3n) is 3.30. The quantitative estimate of drug-likeness (QED) is 0.515. The summed E-state index contributed by atoms with van der Waals surface area (Å²) in [4.78, 5) is 0. The van der Waals surface area contributed by atoms with Crippen LogP contribution in [0.4, 0.5) is 0 Å². The predicted molar refractivity (Wildman–Crippen MR) is 79.5 cm³/mol. The van der Waals surface area contributed by atoms with Crippen LogP contribution >= 0.6 is 12.2 Å². The number of aromatic nitrogens is 3. The topological polar surface area (TPSA) is 33.6 Å². The molecule has 0 atom stereocenters. The monoisotopic (exact) mass is 269 g/mol. The number of hydrogen-bond donors (Lipinski definition) is 1. The second-order valence-corrected chi connectivity index (χ2v) is 5.67. The number of aromatic amines is 1. The minimum absolute atomic E-state index is 0.399. The predicted octanol–water partition coefficient (Wildman–Crippen LogP) is 4.81. The molecule has 0 radical (unpaired) electrons. The molecule has 1 aromatic heterocycles. The average Bonchev–Trinajstić information content (AvgIpc) is 2.69. The van der Waals surface area contributed by atoms with Gasteiger partial charge < -0.3 is 4.57 Å². The minimum atomic E-state index is 0.399. The second kappa shape index (κ2) is 8.46. The van der Waals surface area contributed by atoms with Gasteiger partial charge in [0.2, 0.25) is 0 Å². The highest BCUT2D eigenvalue weighted by Gasteiger charge is 2.08. The number of nitrogens with zero attached hydrogens (tertiary/aromatic N) is 2. The van der Waals surface area contributed by atoms with Crippen molar-refractivity contribution in [3.8, 4) is 0 Å². The van der Waals surface area contributed by atoms with Crippen LogP contribution < -0.4 is 0 Å². The molecular formula is C14H27N3S. The van der Waals surface area contributed by atoms with Crippen molar-refractivity contribution < 1.29 is 0 Å². The van der Waals surface area contributed by atoms with Gasteiger partial charge in [-0.05, 0) is 32.5 Å². The third-order valence-corrected chi connectivity index (χ3v) is 3.59. The van der Waals surface area contributed by atoms with E-state index in [0.717, 1.165) is 17.0 Å². The first-order chi connectivity index (χ1) is 8.66. The first-order valence-corrected chi connectivity index (χ1v) is 7.73. The van der Waals surface area contributed by atoms with Crippen molar-refractivity contribution in [1.82, 2.24) is 14.8 Å². The minimum Gasteiger partial charge on any atom is -0.302 e. The molecule has 0 bridgehead atoms. The van der Waals surface area contributed by atoms with Crippen LogP contribution in [0.15, 0.2) is 0 Å². The number of unbranched alkanes of at least 4 members (excludes halogenated alkanes) is 6. The molecule has 1 N–H and O–H groups in total. The highest BCUT2D eigenvalue weighted by molar-refractivity contribution is 7.71. The van der Waals surface area contributed by atoms with E-state index in [-0.39, 0.29) is 0 Å². The number of rotatable bonds is 9. The lowest BCUT2D eigenvalue weighted by atomic mass is 10.1. The molecule has 4 heteroatoms. The maximum Gasteiger partial charge on any atom is 0.195 e. The first-order valence-electron chi connectivity index (χ1n) is 7.32. The largest absolute Gasteiger partial charge is 0.302 e. The first kappa shape index (κ1) is 15.4. The van der Waals surface area contributed by atoms with Gasteiger partial charge >= 0.3 is 0 Å². The summed E-state index contributed by atoms with van der Waals surface area (Å²) in [7, 11) is 0. The van der Waals surface area contributed by atoms with Gasteiger partial charge in [0.25, 0.3) is 0 Å². The molecule has 1 aromatic rings. The van der Waals surface area contributed by atoms with Crippen molar-refractivity contribution in [3.63, 3.8) is 0 Å². The zero-order valence-electron chi connectivity index (χ0n) is 12.0. The molecule has 0 aliphatic carbocycles. The van der Waals surface area contributed by atoms with Gasteiger partial charge in [-0.3, -0.25) is 5.10 Å². The van der Waals surface area contributed by atoms with Gasteiger partial charge in [0.05, 0.1) is 0 Å². The molecule has 0 unspecified atom stereocenters. The normalized spacial score (nSPS) is 11.3. The van der Waals surface area contributed by atoms with E-state index in [4.69, 9.17) is 12.2 Å². The number of H-pyrrole nitrogens is 1. The number of aryl methyl sites for hydroxylation is 1. The summed E-state index contributed by atoms with van der Waals surface area (Å²) in [6, 6.07) is 0.399. The summed E-state index contributed by atoms with van der Waals surface area (Å²) in [6.45, 7) is 6.56. The molecule has 0 saturated heterocycles. The SMILES string of the molecule is CCCCCCCCCc1n[nH]c(=S)n1C(C)C. The summed E-state index contributed by atoms with van der Waals surface area (Å²) in [5.41, 5.74) is 0. The Morgan fingerprint density at radius 2 is 1.72 bits per heavy atom. The smallest absolute Gasteiger partial charge is 0.195 e. The van der Waals surface area contributed by atoms with E-state index in [2.05, 4.69) is 35.5 Å². The molecule has 104 valence electrons. The van der Waals surface area contributed by atoms with Gasteiger partial charge in [-0.2, -0.15) is 5.10 Å². The highest BCUT2D eigenvalue weighted by atomic mass is 32.1. The Kier molecular flexibility index (Phi) is 7.25. The van der Waals surface area contributed by atoms with E-state index in [1.54, 1.807) is 0 Å². The van der Waals surface area contributed by atoms with Crippen molar-refractivity contribution >= 4 is 12.2 Å². The molecular weight excluding hydrogens is 242 g/mol. The number of nitrogens with one attached hydrogen (secondary N) is 1. The van der Waals surface area contributed by atoms with E-state index in [1.807, 2.05) is 0 Å². The Morgan fingerprint density at radius 1 is 1.11 bits per heavy atom. The Bertz CT molecular complexity index is 379. The summed E-state index contributed by atoms with van der Waals surface area (Å²) < 4.78 is 2.88. The van der Waals surface area contributed by atoms with Crippen LogP contribution in [0.3, 0.4) is 0 Å². The van der Waals surface area contributed by atoms with Crippen molar-refractivity contribution in [3.05, 3.63) is 10.6 Å². The van der Waals surface area contributed by atoms with Crippen molar-refractivity contribution in [2.24, 2.45) is 0 Å². The molecule has 18 heavy (non-hydrogen) atoms. The molecule has 3 nitrogen and oxygen atoms in total. The van der Waals surface area contributed by atoms with Crippen LogP contribution in [0, 0.1) is 4.77 Å². The van der Waals surface area contributed by atoms with Crippen LogP contribution in [-0.2, 0) is 6.42 Å². The van der Waals surface area contributed by atoms with Crippen LogP contribution in [0.25, 0.3) is 0 Å². The Morgan fingerprint density at radius 3 is 2.33 bits per heavy atom. The van der Waals surface area contributed by atoms with Gasteiger partial charge in [-0.15, -0.1) is 0 Å². The molecule has 0 amide bonds. The lowest BCUT2D eigenvalue weighted by molar-refractivity contribution is 0.538. The maximum atomic E-state index is 5.24. The van der Waals surface area contributed by atoms with Crippen LogP contribution in [0.5, 0.6) is 0 Å². The molecule has 0 spiro atoms. The van der Waals surface area contributed by atoms with E-state index in [9.17, 15) is 0 Å². The fourth-order valence-electron chi connectivity index (χ4n) is 2.29. The van der Waals surface area contributed by atoms with Crippen molar-refractivity contribution in [1.29, 1.82) is 0 Å². The summed E-state index contributed by atoms with van der Waals surface area (Å²) >= 11 is 5.24. The Balaban J connectivity index is 2.25. The highest BCUT2D eigenvalue weighted by Crippen LogP contribution is 2.13. The van der Waals surface area contributed by atoms with E-state index >= 15 is 0 Å². The third kappa shape index (κ3) is 4.92.